The third-order valence-corrected chi connectivity index (χ3v) is 4.42. The van der Waals surface area contributed by atoms with Crippen molar-refractivity contribution in [2.45, 2.75) is 25.9 Å². The highest BCUT2D eigenvalue weighted by atomic mass is 127. The molecule has 0 aromatic heterocycles. The molecule has 1 amide bonds. The van der Waals surface area contributed by atoms with Gasteiger partial charge in [-0.1, -0.05) is 0 Å². The van der Waals surface area contributed by atoms with Crippen LogP contribution in [0.5, 0.6) is 5.75 Å². The Bertz CT molecular complexity index is 776. The summed E-state index contributed by atoms with van der Waals surface area (Å²) < 4.78 is 6.36. The van der Waals surface area contributed by atoms with E-state index in [1.54, 1.807) is 42.5 Å². The first-order valence-electron chi connectivity index (χ1n) is 8.08. The van der Waals surface area contributed by atoms with E-state index in [0.29, 0.717) is 29.7 Å². The molecule has 0 heterocycles. The van der Waals surface area contributed by atoms with E-state index < -0.39 is 12.2 Å². The summed E-state index contributed by atoms with van der Waals surface area (Å²) in [6, 6.07) is 11.5. The molecule has 0 unspecified atom stereocenters. The number of aliphatic hydroxyl groups is 1. The van der Waals surface area contributed by atoms with Gasteiger partial charge in [-0.15, -0.1) is 0 Å². The number of amides is 1. The maximum Gasteiger partial charge on any atom is 0.412 e. The number of aliphatic hydroxyl groups excluding tert-OH is 1. The molecule has 2 rings (SSSR count). The molecule has 3 N–H and O–H groups in total. The largest absolute Gasteiger partial charge is 0.508 e. The van der Waals surface area contributed by atoms with Crippen LogP contribution in [0, 0.1) is 3.57 Å². The van der Waals surface area contributed by atoms with Crippen LogP contribution in [0.25, 0.3) is 0 Å². The number of rotatable bonds is 7. The number of anilines is 1. The van der Waals surface area contributed by atoms with E-state index in [4.69, 9.17) is 9.84 Å². The van der Waals surface area contributed by atoms with Gasteiger partial charge in [0.05, 0.1) is 0 Å². The Morgan fingerprint density at radius 3 is 2.50 bits per heavy atom. The number of halogens is 1. The molecule has 0 bridgehead atoms. The molecule has 7 heteroatoms. The first-order valence-corrected chi connectivity index (χ1v) is 9.16. The molecule has 0 saturated heterocycles. The second kappa shape index (κ2) is 9.54. The molecular formula is C19H20INO5. The van der Waals surface area contributed by atoms with Gasteiger partial charge in [-0.05, 0) is 84.8 Å². The van der Waals surface area contributed by atoms with E-state index >= 15 is 0 Å². The van der Waals surface area contributed by atoms with Gasteiger partial charge in [0, 0.05) is 27.0 Å². The summed E-state index contributed by atoms with van der Waals surface area (Å²) in [5.74, 6) is -0.0238. The summed E-state index contributed by atoms with van der Waals surface area (Å²) in [6.45, 7) is 1.43. The zero-order chi connectivity index (χ0) is 19.1. The van der Waals surface area contributed by atoms with E-state index in [2.05, 4.69) is 27.9 Å². The first-order chi connectivity index (χ1) is 12.4. The lowest BCUT2D eigenvalue weighted by Gasteiger charge is -2.19. The molecule has 26 heavy (non-hydrogen) atoms. The Labute approximate surface area is 165 Å². The van der Waals surface area contributed by atoms with Crippen molar-refractivity contribution < 1.29 is 24.5 Å². The van der Waals surface area contributed by atoms with Gasteiger partial charge < -0.3 is 14.9 Å². The van der Waals surface area contributed by atoms with Crippen molar-refractivity contribution in [3.8, 4) is 5.75 Å². The van der Waals surface area contributed by atoms with E-state index in [1.165, 1.54) is 6.92 Å². The number of carbonyl (C=O) groups excluding carboxylic acids is 2. The fourth-order valence-electron chi connectivity index (χ4n) is 2.40. The lowest BCUT2D eigenvalue weighted by atomic mass is 10.0. The molecule has 0 fully saturated rings. The van der Waals surface area contributed by atoms with Gasteiger partial charge in [-0.3, -0.25) is 10.1 Å². The molecule has 0 aliphatic heterocycles. The number of Topliss-reactive ketones (excluding diaryl/α,β-unsaturated/α-hetero) is 1. The molecule has 138 valence electrons. The zero-order valence-corrected chi connectivity index (χ0v) is 16.4. The van der Waals surface area contributed by atoms with Crippen LogP contribution in [0.1, 0.15) is 41.8 Å². The third kappa shape index (κ3) is 5.70. The average Bonchev–Trinajstić information content (AvgIpc) is 2.61. The molecule has 0 radical (unpaired) electrons. The second-order valence-electron chi connectivity index (χ2n) is 5.72. The lowest BCUT2D eigenvalue weighted by Crippen LogP contribution is -2.18. The van der Waals surface area contributed by atoms with E-state index in [9.17, 15) is 14.7 Å². The number of ketones is 1. The highest BCUT2D eigenvalue weighted by molar-refractivity contribution is 14.1. The van der Waals surface area contributed by atoms with Gasteiger partial charge in [-0.2, -0.15) is 0 Å². The topological polar surface area (TPSA) is 95.9 Å². The predicted octanol–water partition coefficient (Wildman–Crippen LogP) is 4.26. The molecule has 0 saturated carbocycles. The van der Waals surface area contributed by atoms with Crippen LogP contribution in [0.15, 0.2) is 42.5 Å². The smallest absolute Gasteiger partial charge is 0.412 e. The number of nitrogens with one attached hydrogen (secondary N) is 1. The number of hydrogen-bond donors (Lipinski definition) is 3. The number of phenolic OH excluding ortho intramolecular Hbond substituents is 1. The van der Waals surface area contributed by atoms with E-state index in [0.717, 1.165) is 3.57 Å². The summed E-state index contributed by atoms with van der Waals surface area (Å²) in [5.41, 5.74) is 1.54. The Balaban J connectivity index is 2.10. The van der Waals surface area contributed by atoms with Crippen molar-refractivity contribution in [3.63, 3.8) is 0 Å². The fraction of sp³-hybridized carbons (Fsp3) is 0.263. The summed E-state index contributed by atoms with van der Waals surface area (Å²) in [4.78, 5) is 23.5. The van der Waals surface area contributed by atoms with Crippen molar-refractivity contribution in [3.05, 3.63) is 57.2 Å². The van der Waals surface area contributed by atoms with Crippen molar-refractivity contribution in [2.75, 3.05) is 11.9 Å². The summed E-state index contributed by atoms with van der Waals surface area (Å²) >= 11 is 2.11. The number of benzene rings is 2. The van der Waals surface area contributed by atoms with Crippen molar-refractivity contribution in [1.82, 2.24) is 0 Å². The number of ether oxygens (including phenoxy) is 1. The Hall–Kier alpha value is -2.13. The maximum atomic E-state index is 12.2. The minimum atomic E-state index is -0.687. The Morgan fingerprint density at radius 2 is 1.88 bits per heavy atom. The van der Waals surface area contributed by atoms with Gasteiger partial charge in [0.2, 0.25) is 0 Å². The number of carbonyl (C=O) groups is 2. The third-order valence-electron chi connectivity index (χ3n) is 3.75. The number of aromatic hydroxyl groups is 1. The molecule has 1 atom stereocenters. The van der Waals surface area contributed by atoms with Crippen LogP contribution in [-0.2, 0) is 4.74 Å². The summed E-state index contributed by atoms with van der Waals surface area (Å²) in [7, 11) is 0. The van der Waals surface area contributed by atoms with E-state index in [1.807, 2.05) is 0 Å². The molecule has 0 aliphatic rings. The normalized spacial score (nSPS) is 11.7. The minimum absolute atomic E-state index is 0.0342. The highest BCUT2D eigenvalue weighted by Crippen LogP contribution is 2.32. The Kier molecular flexibility index (Phi) is 7.40. The molecule has 0 aliphatic carbocycles. The van der Waals surface area contributed by atoms with Crippen molar-refractivity contribution >= 4 is 40.2 Å². The van der Waals surface area contributed by atoms with Crippen LogP contribution in [0.4, 0.5) is 10.5 Å². The highest BCUT2D eigenvalue weighted by Gasteiger charge is 2.20. The second-order valence-corrected chi connectivity index (χ2v) is 6.97. The van der Waals surface area contributed by atoms with Crippen LogP contribution in [0.3, 0.4) is 0 Å². The van der Waals surface area contributed by atoms with Gasteiger partial charge in [0.15, 0.2) is 5.78 Å². The summed E-state index contributed by atoms with van der Waals surface area (Å²) in [5, 5.41) is 21.8. The van der Waals surface area contributed by atoms with Crippen molar-refractivity contribution in [1.29, 1.82) is 0 Å². The van der Waals surface area contributed by atoms with Crippen LogP contribution < -0.4 is 5.32 Å². The zero-order valence-electron chi connectivity index (χ0n) is 14.2. The molecule has 6 nitrogen and oxygen atoms in total. The standard InChI is InChI=1S/C19H20INO5/c1-12(23)13-4-7-15(8-5-13)21-19(25)26-18(3-2-10-22)16-11-14(20)6-9-17(16)24/h4-9,11,18,22,24H,2-3,10H2,1H3,(H,21,25)/t18-/m0/s1. The maximum absolute atomic E-state index is 12.2. The van der Waals surface area contributed by atoms with Crippen LogP contribution in [0.2, 0.25) is 0 Å². The van der Waals surface area contributed by atoms with Crippen molar-refractivity contribution in [2.24, 2.45) is 0 Å². The minimum Gasteiger partial charge on any atom is -0.508 e. The van der Waals surface area contributed by atoms with Crippen LogP contribution >= 0.6 is 22.6 Å². The van der Waals surface area contributed by atoms with E-state index in [-0.39, 0.29) is 18.1 Å². The average molecular weight is 469 g/mol. The molecule has 2 aromatic carbocycles. The van der Waals surface area contributed by atoms with Gasteiger partial charge in [0.1, 0.15) is 11.9 Å². The number of hydrogen-bond acceptors (Lipinski definition) is 5. The monoisotopic (exact) mass is 469 g/mol. The van der Waals surface area contributed by atoms with Gasteiger partial charge in [0.25, 0.3) is 0 Å². The molecule has 2 aromatic rings. The van der Waals surface area contributed by atoms with Gasteiger partial charge >= 0.3 is 6.09 Å². The predicted molar refractivity (Wildman–Crippen MR) is 106 cm³/mol. The van der Waals surface area contributed by atoms with Crippen LogP contribution in [-0.4, -0.2) is 28.7 Å². The fourth-order valence-corrected chi connectivity index (χ4v) is 2.92. The molecule has 0 spiro atoms. The Morgan fingerprint density at radius 1 is 1.19 bits per heavy atom. The quantitative estimate of drug-likeness (QED) is 0.416. The first kappa shape index (κ1) is 20.2. The SMILES string of the molecule is CC(=O)c1ccc(NC(=O)O[C@@H](CCCO)c2cc(I)ccc2O)cc1. The molecular weight excluding hydrogens is 449 g/mol. The van der Waals surface area contributed by atoms with Gasteiger partial charge in [-0.25, -0.2) is 4.79 Å². The summed E-state index contributed by atoms with van der Waals surface area (Å²) in [6.07, 6.45) is -0.563. The lowest BCUT2D eigenvalue weighted by molar-refractivity contribution is 0.0978. The number of phenols is 1.